The average Bonchev–Trinajstić information content (AvgIpc) is 2.21. The van der Waals surface area contributed by atoms with Crippen molar-refractivity contribution in [3.05, 3.63) is 48.3 Å². The van der Waals surface area contributed by atoms with E-state index in [4.69, 9.17) is 0 Å². The summed E-state index contributed by atoms with van der Waals surface area (Å²) >= 11 is 0. The summed E-state index contributed by atoms with van der Waals surface area (Å²) in [5.41, 5.74) is 2.16. The zero-order valence-electron chi connectivity index (χ0n) is 8.25. The van der Waals surface area contributed by atoms with Gasteiger partial charge in [-0.05, 0) is 31.5 Å². The number of hydrogen-bond donors (Lipinski definition) is 0. The smallest absolute Gasteiger partial charge is 0.115 e. The fourth-order valence-corrected chi connectivity index (χ4v) is 0.714. The van der Waals surface area contributed by atoms with Crippen LogP contribution in [-0.4, -0.2) is 20.2 Å². The summed E-state index contributed by atoms with van der Waals surface area (Å²) in [4.78, 5) is 7.60. The van der Waals surface area contributed by atoms with Gasteiger partial charge in [-0.25, -0.2) is 9.97 Å². The average molecular weight is 188 g/mol. The lowest BCUT2D eigenvalue weighted by atomic mass is 10.4. The maximum absolute atomic E-state index is 3.87. The van der Waals surface area contributed by atoms with Crippen molar-refractivity contribution in [1.82, 2.24) is 20.2 Å². The third kappa shape index (κ3) is 4.25. The molecule has 2 rings (SSSR count). The third-order valence-electron chi connectivity index (χ3n) is 1.46. The Bertz CT molecular complexity index is 310. The molecule has 0 spiro atoms. The summed E-state index contributed by atoms with van der Waals surface area (Å²) in [6.45, 7) is 3.91. The normalized spacial score (nSPS) is 8.71. The lowest BCUT2D eigenvalue weighted by molar-refractivity contribution is 1.01. The SMILES string of the molecule is Cc1ccncn1.Cc1ccnnc1. The van der Waals surface area contributed by atoms with E-state index in [2.05, 4.69) is 20.2 Å². The molecular weight excluding hydrogens is 176 g/mol. The van der Waals surface area contributed by atoms with Crippen LogP contribution in [0, 0.1) is 13.8 Å². The van der Waals surface area contributed by atoms with E-state index in [-0.39, 0.29) is 0 Å². The Morgan fingerprint density at radius 2 is 1.86 bits per heavy atom. The van der Waals surface area contributed by atoms with E-state index >= 15 is 0 Å². The molecule has 0 radical (unpaired) electrons. The highest BCUT2D eigenvalue weighted by Gasteiger charge is 1.75. The van der Waals surface area contributed by atoms with Crippen LogP contribution in [0.4, 0.5) is 0 Å². The minimum Gasteiger partial charge on any atom is -0.245 e. The van der Waals surface area contributed by atoms with E-state index in [1.54, 1.807) is 18.6 Å². The van der Waals surface area contributed by atoms with Crippen molar-refractivity contribution in [2.24, 2.45) is 0 Å². The first-order valence-corrected chi connectivity index (χ1v) is 4.25. The Kier molecular flexibility index (Phi) is 4.20. The highest BCUT2D eigenvalue weighted by molar-refractivity contribution is 5.00. The van der Waals surface area contributed by atoms with Gasteiger partial charge in [0.05, 0.1) is 6.20 Å². The molecule has 2 aromatic rings. The molecule has 0 N–H and O–H groups in total. The van der Waals surface area contributed by atoms with Gasteiger partial charge in [0.25, 0.3) is 0 Å². The summed E-state index contributed by atoms with van der Waals surface area (Å²) in [6, 6.07) is 3.77. The first-order chi connectivity index (χ1) is 6.79. The van der Waals surface area contributed by atoms with Crippen molar-refractivity contribution in [2.75, 3.05) is 0 Å². The second kappa shape index (κ2) is 5.75. The number of aryl methyl sites for hydroxylation is 2. The molecule has 0 bridgehead atoms. The molecule has 2 aromatic heterocycles. The first kappa shape index (κ1) is 10.2. The minimum absolute atomic E-state index is 1.01. The standard InChI is InChI=1S/2C5H6N2/c1-5-2-3-6-4-7-5;1-5-2-3-6-7-4-5/h2*2-4H,1H3. The van der Waals surface area contributed by atoms with Crippen molar-refractivity contribution in [1.29, 1.82) is 0 Å². The molecule has 0 aliphatic carbocycles. The Balaban J connectivity index is 0.000000140. The van der Waals surface area contributed by atoms with Crippen LogP contribution in [0.25, 0.3) is 0 Å². The maximum Gasteiger partial charge on any atom is 0.115 e. The summed E-state index contributed by atoms with van der Waals surface area (Å²) in [6.07, 6.45) is 6.66. The van der Waals surface area contributed by atoms with Gasteiger partial charge in [0.1, 0.15) is 6.33 Å². The van der Waals surface area contributed by atoms with Crippen LogP contribution in [0.15, 0.2) is 37.1 Å². The van der Waals surface area contributed by atoms with Crippen molar-refractivity contribution in [2.45, 2.75) is 13.8 Å². The largest absolute Gasteiger partial charge is 0.245 e. The fraction of sp³-hybridized carbons (Fsp3) is 0.200. The Morgan fingerprint density at radius 1 is 1.00 bits per heavy atom. The van der Waals surface area contributed by atoms with Crippen LogP contribution in [0.1, 0.15) is 11.3 Å². The highest BCUT2D eigenvalue weighted by Crippen LogP contribution is 1.85. The fourth-order valence-electron chi connectivity index (χ4n) is 0.714. The second-order valence-corrected chi connectivity index (χ2v) is 2.77. The van der Waals surface area contributed by atoms with Gasteiger partial charge >= 0.3 is 0 Å². The second-order valence-electron chi connectivity index (χ2n) is 2.77. The van der Waals surface area contributed by atoms with E-state index < -0.39 is 0 Å². The van der Waals surface area contributed by atoms with Gasteiger partial charge in [0.2, 0.25) is 0 Å². The molecule has 0 aliphatic heterocycles. The Labute approximate surface area is 83.1 Å². The molecule has 2 heterocycles. The molecule has 0 aromatic carbocycles. The third-order valence-corrected chi connectivity index (χ3v) is 1.46. The van der Waals surface area contributed by atoms with Crippen LogP contribution in [0.2, 0.25) is 0 Å². The van der Waals surface area contributed by atoms with Crippen molar-refractivity contribution < 1.29 is 0 Å². The van der Waals surface area contributed by atoms with Gasteiger partial charge in [-0.15, -0.1) is 0 Å². The summed E-state index contributed by atoms with van der Waals surface area (Å²) < 4.78 is 0. The topological polar surface area (TPSA) is 51.6 Å². The molecule has 72 valence electrons. The van der Waals surface area contributed by atoms with Crippen molar-refractivity contribution >= 4 is 0 Å². The molecule has 0 saturated carbocycles. The molecule has 0 atom stereocenters. The number of hydrogen-bond acceptors (Lipinski definition) is 4. The Hall–Kier alpha value is -1.84. The van der Waals surface area contributed by atoms with Gasteiger partial charge in [-0.3, -0.25) is 0 Å². The first-order valence-electron chi connectivity index (χ1n) is 4.25. The van der Waals surface area contributed by atoms with E-state index in [1.165, 1.54) is 6.33 Å². The van der Waals surface area contributed by atoms with Gasteiger partial charge in [0, 0.05) is 18.1 Å². The Morgan fingerprint density at radius 3 is 2.14 bits per heavy atom. The predicted octanol–water partition coefficient (Wildman–Crippen LogP) is 1.57. The van der Waals surface area contributed by atoms with Gasteiger partial charge in [-0.2, -0.15) is 10.2 Å². The van der Waals surface area contributed by atoms with E-state index in [0.29, 0.717) is 0 Å². The van der Waals surface area contributed by atoms with E-state index in [0.717, 1.165) is 11.3 Å². The molecule has 0 unspecified atom stereocenters. The van der Waals surface area contributed by atoms with Gasteiger partial charge in [-0.1, -0.05) is 0 Å². The molecular formula is C10H12N4. The van der Waals surface area contributed by atoms with E-state index in [1.807, 2.05) is 26.0 Å². The van der Waals surface area contributed by atoms with Crippen LogP contribution < -0.4 is 0 Å². The van der Waals surface area contributed by atoms with Crippen LogP contribution >= 0.6 is 0 Å². The monoisotopic (exact) mass is 188 g/mol. The van der Waals surface area contributed by atoms with Gasteiger partial charge in [0.15, 0.2) is 0 Å². The minimum atomic E-state index is 1.01. The van der Waals surface area contributed by atoms with Crippen LogP contribution in [-0.2, 0) is 0 Å². The number of nitrogens with zero attached hydrogens (tertiary/aromatic N) is 4. The summed E-state index contributed by atoms with van der Waals surface area (Å²) in [5, 5.41) is 7.23. The van der Waals surface area contributed by atoms with Crippen LogP contribution in [0.3, 0.4) is 0 Å². The quantitative estimate of drug-likeness (QED) is 0.629. The molecule has 0 saturated heterocycles. The molecule has 0 fully saturated rings. The predicted molar refractivity (Wildman–Crippen MR) is 53.5 cm³/mol. The number of rotatable bonds is 0. The lowest BCUT2D eigenvalue weighted by Crippen LogP contribution is -1.77. The molecule has 0 aliphatic rings. The highest BCUT2D eigenvalue weighted by atomic mass is 15.1. The molecule has 0 amide bonds. The maximum atomic E-state index is 3.87. The van der Waals surface area contributed by atoms with E-state index in [9.17, 15) is 0 Å². The molecule has 14 heavy (non-hydrogen) atoms. The van der Waals surface area contributed by atoms with Crippen molar-refractivity contribution in [3.63, 3.8) is 0 Å². The molecule has 4 nitrogen and oxygen atoms in total. The van der Waals surface area contributed by atoms with Crippen LogP contribution in [0.5, 0.6) is 0 Å². The zero-order chi connectivity index (χ0) is 10.2. The van der Waals surface area contributed by atoms with Gasteiger partial charge < -0.3 is 0 Å². The zero-order valence-corrected chi connectivity index (χ0v) is 8.25. The lowest BCUT2D eigenvalue weighted by Gasteiger charge is -1.81. The molecule has 4 heteroatoms. The summed E-state index contributed by atoms with van der Waals surface area (Å²) in [7, 11) is 0. The number of aromatic nitrogens is 4. The van der Waals surface area contributed by atoms with Crippen molar-refractivity contribution in [3.8, 4) is 0 Å². The summed E-state index contributed by atoms with van der Waals surface area (Å²) in [5.74, 6) is 0.